The molecule has 5 heteroatoms. The van der Waals surface area contributed by atoms with Gasteiger partial charge in [0.05, 0.1) is 24.1 Å². The molecule has 0 fully saturated rings. The zero-order chi connectivity index (χ0) is 16.4. The summed E-state index contributed by atoms with van der Waals surface area (Å²) in [5, 5.41) is 0. The fourth-order valence-electron chi connectivity index (χ4n) is 2.32. The smallest absolute Gasteiger partial charge is 0.338 e. The summed E-state index contributed by atoms with van der Waals surface area (Å²) in [5.74, 6) is 0.00204. The predicted molar refractivity (Wildman–Crippen MR) is 87.2 cm³/mol. The summed E-state index contributed by atoms with van der Waals surface area (Å²) >= 11 is 6.20. The lowest BCUT2D eigenvalue weighted by Crippen LogP contribution is -2.35. The molecule has 4 nitrogen and oxygen atoms in total. The van der Waals surface area contributed by atoms with Gasteiger partial charge in [0.2, 0.25) is 5.90 Å². The van der Waals surface area contributed by atoms with Crippen molar-refractivity contribution in [2.24, 2.45) is 4.99 Å². The number of ether oxygens (including phenoxy) is 2. The van der Waals surface area contributed by atoms with Crippen molar-refractivity contribution >= 4 is 23.5 Å². The summed E-state index contributed by atoms with van der Waals surface area (Å²) in [4.78, 5) is 16.7. The van der Waals surface area contributed by atoms with Gasteiger partial charge in [-0.2, -0.15) is 0 Å². The first-order valence-corrected chi connectivity index (χ1v) is 7.57. The third-order valence-corrected chi connectivity index (χ3v) is 3.64. The molecule has 1 aromatic rings. The lowest BCUT2D eigenvalue weighted by atomic mass is 9.88. The van der Waals surface area contributed by atoms with Gasteiger partial charge in [-0.05, 0) is 20.8 Å². The lowest BCUT2D eigenvalue weighted by Gasteiger charge is -2.29. The van der Waals surface area contributed by atoms with Gasteiger partial charge in [-0.15, -0.1) is 11.6 Å². The molecule has 0 bridgehead atoms. The summed E-state index contributed by atoms with van der Waals surface area (Å²) in [6.07, 6.45) is 1.62. The maximum Gasteiger partial charge on any atom is 0.338 e. The molecule has 0 saturated heterocycles. The number of halogens is 1. The Hall–Kier alpha value is -1.81. The quantitative estimate of drug-likeness (QED) is 0.633. The minimum Gasteiger partial charge on any atom is -0.466 e. The predicted octanol–water partition coefficient (Wildman–Crippen LogP) is 3.45. The van der Waals surface area contributed by atoms with Gasteiger partial charge in [-0.3, -0.25) is 0 Å². The average molecular weight is 322 g/mol. The van der Waals surface area contributed by atoms with Crippen LogP contribution in [0.5, 0.6) is 0 Å². The minimum absolute atomic E-state index is 0.0844. The SMILES string of the molecule is COC(=O)C1=CC(=NC(C)(C)C)OC1(CCl)c1ccccc1. The largest absolute Gasteiger partial charge is 0.466 e. The molecule has 0 radical (unpaired) electrons. The van der Waals surface area contributed by atoms with Crippen LogP contribution in [0.15, 0.2) is 47.0 Å². The number of benzene rings is 1. The number of alkyl halides is 1. The molecule has 1 aliphatic heterocycles. The van der Waals surface area contributed by atoms with E-state index in [1.54, 1.807) is 6.08 Å². The van der Waals surface area contributed by atoms with Crippen LogP contribution >= 0.6 is 11.6 Å². The highest BCUT2D eigenvalue weighted by Gasteiger charge is 2.47. The van der Waals surface area contributed by atoms with Crippen LogP contribution in [0.2, 0.25) is 0 Å². The zero-order valence-corrected chi connectivity index (χ0v) is 14.0. The second-order valence-corrected chi connectivity index (χ2v) is 6.37. The van der Waals surface area contributed by atoms with E-state index in [0.717, 1.165) is 5.56 Å². The Morgan fingerprint density at radius 3 is 2.45 bits per heavy atom. The summed E-state index contributed by atoms with van der Waals surface area (Å²) < 4.78 is 10.9. The number of methoxy groups -OCH3 is 1. The molecule has 1 heterocycles. The van der Waals surface area contributed by atoms with Gasteiger partial charge in [0.15, 0.2) is 5.60 Å². The van der Waals surface area contributed by atoms with Crippen LogP contribution in [-0.2, 0) is 19.9 Å². The summed E-state index contributed by atoms with van der Waals surface area (Å²) in [6, 6.07) is 9.39. The van der Waals surface area contributed by atoms with Crippen molar-refractivity contribution in [2.75, 3.05) is 13.0 Å². The molecule has 22 heavy (non-hydrogen) atoms. The van der Waals surface area contributed by atoms with Gasteiger partial charge in [-0.1, -0.05) is 30.3 Å². The number of hydrogen-bond acceptors (Lipinski definition) is 4. The highest BCUT2D eigenvalue weighted by Crippen LogP contribution is 2.40. The van der Waals surface area contributed by atoms with E-state index < -0.39 is 11.6 Å². The Morgan fingerprint density at radius 2 is 1.95 bits per heavy atom. The van der Waals surface area contributed by atoms with Gasteiger partial charge in [0.1, 0.15) is 0 Å². The van der Waals surface area contributed by atoms with Crippen molar-refractivity contribution in [3.8, 4) is 0 Å². The standard InChI is InChI=1S/C17H20ClNO3/c1-16(2,3)19-14-10-13(15(20)21-4)17(11-18,22-14)12-8-6-5-7-9-12/h5-10H,11H2,1-4H3. The van der Waals surface area contributed by atoms with Gasteiger partial charge in [-0.25, -0.2) is 9.79 Å². The number of aliphatic imine (C=N–C) groups is 1. The summed E-state index contributed by atoms with van der Waals surface area (Å²) in [6.45, 7) is 5.87. The topological polar surface area (TPSA) is 47.9 Å². The van der Waals surface area contributed by atoms with Gasteiger partial charge in [0.25, 0.3) is 0 Å². The van der Waals surface area contributed by atoms with E-state index in [2.05, 4.69) is 4.99 Å². The highest BCUT2D eigenvalue weighted by molar-refractivity contribution is 6.20. The second-order valence-electron chi connectivity index (χ2n) is 6.10. The lowest BCUT2D eigenvalue weighted by molar-refractivity contribution is -0.137. The molecule has 2 rings (SSSR count). The van der Waals surface area contributed by atoms with Crippen LogP contribution in [0.1, 0.15) is 26.3 Å². The fourth-order valence-corrected chi connectivity index (χ4v) is 2.67. The van der Waals surface area contributed by atoms with E-state index in [1.807, 2.05) is 51.1 Å². The van der Waals surface area contributed by atoms with Crippen molar-refractivity contribution in [2.45, 2.75) is 31.9 Å². The molecule has 0 saturated carbocycles. The van der Waals surface area contributed by atoms with Crippen LogP contribution in [0.25, 0.3) is 0 Å². The van der Waals surface area contributed by atoms with Crippen molar-refractivity contribution < 1.29 is 14.3 Å². The third-order valence-electron chi connectivity index (χ3n) is 3.26. The number of rotatable bonds is 3. The van der Waals surface area contributed by atoms with E-state index in [0.29, 0.717) is 11.5 Å². The van der Waals surface area contributed by atoms with Gasteiger partial charge in [0, 0.05) is 11.6 Å². The second kappa shape index (κ2) is 6.13. The normalized spacial score (nSPS) is 23.1. The minimum atomic E-state index is -1.07. The Kier molecular flexibility index (Phi) is 4.61. The van der Waals surface area contributed by atoms with Gasteiger partial charge >= 0.3 is 5.97 Å². The van der Waals surface area contributed by atoms with Crippen LogP contribution in [0.4, 0.5) is 0 Å². The zero-order valence-electron chi connectivity index (χ0n) is 13.2. The monoisotopic (exact) mass is 321 g/mol. The summed E-state index contributed by atoms with van der Waals surface area (Å²) in [5.41, 5.74) is -0.244. The van der Waals surface area contributed by atoms with Crippen molar-refractivity contribution in [3.05, 3.63) is 47.5 Å². The van der Waals surface area contributed by atoms with E-state index in [9.17, 15) is 4.79 Å². The molecule has 0 aromatic heterocycles. The van der Waals surface area contributed by atoms with E-state index in [4.69, 9.17) is 21.1 Å². The first-order valence-electron chi connectivity index (χ1n) is 7.03. The molecular weight excluding hydrogens is 302 g/mol. The molecule has 1 atom stereocenters. The third kappa shape index (κ3) is 3.17. The Labute approximate surface area is 135 Å². The van der Waals surface area contributed by atoms with Crippen LogP contribution in [0, 0.1) is 0 Å². The van der Waals surface area contributed by atoms with Crippen molar-refractivity contribution in [1.82, 2.24) is 0 Å². The molecule has 0 N–H and O–H groups in total. The summed E-state index contributed by atoms with van der Waals surface area (Å²) in [7, 11) is 1.34. The van der Waals surface area contributed by atoms with E-state index >= 15 is 0 Å². The first kappa shape index (κ1) is 16.6. The highest BCUT2D eigenvalue weighted by atomic mass is 35.5. The van der Waals surface area contributed by atoms with E-state index in [-0.39, 0.29) is 11.4 Å². The first-order chi connectivity index (χ1) is 10.3. The maximum absolute atomic E-state index is 12.2. The van der Waals surface area contributed by atoms with E-state index in [1.165, 1.54) is 7.11 Å². The van der Waals surface area contributed by atoms with Crippen LogP contribution < -0.4 is 0 Å². The average Bonchev–Trinajstić information content (AvgIpc) is 2.85. The number of nitrogens with zero attached hydrogens (tertiary/aromatic N) is 1. The number of hydrogen-bond donors (Lipinski definition) is 0. The molecule has 1 aliphatic rings. The van der Waals surface area contributed by atoms with Crippen LogP contribution in [0.3, 0.4) is 0 Å². The molecular formula is C17H20ClNO3. The molecule has 0 amide bonds. The Morgan fingerprint density at radius 1 is 1.32 bits per heavy atom. The molecule has 0 spiro atoms. The number of carbonyl (C=O) groups excluding carboxylic acids is 1. The molecule has 118 valence electrons. The Balaban J connectivity index is 2.56. The molecule has 0 aliphatic carbocycles. The van der Waals surface area contributed by atoms with Crippen molar-refractivity contribution in [1.29, 1.82) is 0 Å². The fraction of sp³-hybridized carbons (Fsp3) is 0.412. The molecule has 1 unspecified atom stereocenters. The number of esters is 1. The maximum atomic E-state index is 12.2. The molecule has 1 aromatic carbocycles. The van der Waals surface area contributed by atoms with Crippen molar-refractivity contribution in [3.63, 3.8) is 0 Å². The van der Waals surface area contributed by atoms with Crippen LogP contribution in [-0.4, -0.2) is 30.4 Å². The number of carbonyl (C=O) groups is 1. The Bertz CT molecular complexity index is 617. The van der Waals surface area contributed by atoms with Gasteiger partial charge < -0.3 is 9.47 Å².